The van der Waals surface area contributed by atoms with Crippen LogP contribution in [0.25, 0.3) is 0 Å². The van der Waals surface area contributed by atoms with Crippen LogP contribution in [-0.2, 0) is 20.9 Å². The van der Waals surface area contributed by atoms with E-state index < -0.39 is 0 Å². The summed E-state index contributed by atoms with van der Waals surface area (Å²) in [6.45, 7) is 4.90. The molecule has 0 radical (unpaired) electrons. The van der Waals surface area contributed by atoms with Crippen molar-refractivity contribution in [3.63, 3.8) is 0 Å². The number of carbonyl (C=O) groups is 2. The van der Waals surface area contributed by atoms with E-state index in [2.05, 4.69) is 13.8 Å². The van der Waals surface area contributed by atoms with Crippen molar-refractivity contribution in [3.8, 4) is 0 Å². The number of carbonyl (C=O) groups excluding carboxylic acids is 2. The normalized spacial score (nSPS) is 10.5. The van der Waals surface area contributed by atoms with Gasteiger partial charge in [0.1, 0.15) is 6.61 Å². The maximum absolute atomic E-state index is 11.9. The molecule has 0 unspecified atom stereocenters. The standard InChI is InChI=1S/C22H34O4/c1-3-5-7-8-9-10-11-15-21(23)26-18-19-13-12-14-20(17-19)22(24)25-16-6-4-2/h12-14,17H,3-11,15-16,18H2,1-2H3. The number of hydrogen-bond donors (Lipinski definition) is 0. The molecule has 4 heteroatoms. The van der Waals surface area contributed by atoms with Crippen LogP contribution in [0.4, 0.5) is 0 Å². The number of ether oxygens (including phenoxy) is 2. The van der Waals surface area contributed by atoms with Gasteiger partial charge in [-0.15, -0.1) is 0 Å². The van der Waals surface area contributed by atoms with Gasteiger partial charge in [-0.1, -0.05) is 70.9 Å². The molecule has 1 aromatic carbocycles. The van der Waals surface area contributed by atoms with E-state index in [0.717, 1.165) is 31.2 Å². The zero-order valence-corrected chi connectivity index (χ0v) is 16.4. The van der Waals surface area contributed by atoms with Crippen LogP contribution in [0, 0.1) is 0 Å². The minimum absolute atomic E-state index is 0.172. The number of rotatable bonds is 14. The van der Waals surface area contributed by atoms with Crippen LogP contribution in [0.2, 0.25) is 0 Å². The van der Waals surface area contributed by atoms with Crippen molar-refractivity contribution in [1.82, 2.24) is 0 Å². The SMILES string of the molecule is CCCCCCCCCC(=O)OCc1cccc(C(=O)OCCCC)c1. The molecule has 0 aliphatic carbocycles. The van der Waals surface area contributed by atoms with E-state index in [1.807, 2.05) is 6.07 Å². The maximum atomic E-state index is 11.9. The topological polar surface area (TPSA) is 52.6 Å². The third-order valence-corrected chi connectivity index (χ3v) is 4.28. The molecule has 0 aromatic heterocycles. The highest BCUT2D eigenvalue weighted by Crippen LogP contribution is 2.11. The molecule has 26 heavy (non-hydrogen) atoms. The Morgan fingerprint density at radius 1 is 0.846 bits per heavy atom. The molecule has 1 aromatic rings. The van der Waals surface area contributed by atoms with Crippen LogP contribution in [0.5, 0.6) is 0 Å². The molecule has 0 aliphatic rings. The highest BCUT2D eigenvalue weighted by Gasteiger charge is 2.09. The Morgan fingerprint density at radius 2 is 1.54 bits per heavy atom. The molecule has 1 rings (SSSR count). The molecule has 0 atom stereocenters. The van der Waals surface area contributed by atoms with Crippen molar-refractivity contribution in [3.05, 3.63) is 35.4 Å². The van der Waals surface area contributed by atoms with Gasteiger partial charge in [-0.05, 0) is 30.5 Å². The second kappa shape index (κ2) is 14.3. The second-order valence-electron chi connectivity index (χ2n) is 6.72. The van der Waals surface area contributed by atoms with Crippen molar-refractivity contribution in [2.45, 2.75) is 84.7 Å². The van der Waals surface area contributed by atoms with E-state index in [9.17, 15) is 9.59 Å². The van der Waals surface area contributed by atoms with Gasteiger partial charge >= 0.3 is 11.9 Å². The predicted molar refractivity (Wildman–Crippen MR) is 104 cm³/mol. The first-order valence-electron chi connectivity index (χ1n) is 10.1. The van der Waals surface area contributed by atoms with Gasteiger partial charge in [-0.25, -0.2) is 4.79 Å². The van der Waals surface area contributed by atoms with Crippen LogP contribution in [0.15, 0.2) is 24.3 Å². The van der Waals surface area contributed by atoms with Crippen molar-refractivity contribution < 1.29 is 19.1 Å². The average Bonchev–Trinajstić information content (AvgIpc) is 2.66. The predicted octanol–water partition coefficient (Wildman–Crippen LogP) is 5.83. The summed E-state index contributed by atoms with van der Waals surface area (Å²) in [5.74, 6) is -0.496. The van der Waals surface area contributed by atoms with Gasteiger partial charge < -0.3 is 9.47 Å². The molecule has 0 N–H and O–H groups in total. The molecule has 4 nitrogen and oxygen atoms in total. The minimum Gasteiger partial charge on any atom is -0.462 e. The molecular formula is C22H34O4. The maximum Gasteiger partial charge on any atom is 0.338 e. The van der Waals surface area contributed by atoms with Crippen LogP contribution < -0.4 is 0 Å². The summed E-state index contributed by atoms with van der Waals surface area (Å²) in [7, 11) is 0. The Balaban J connectivity index is 2.24. The number of hydrogen-bond acceptors (Lipinski definition) is 4. The zero-order valence-electron chi connectivity index (χ0n) is 16.4. The van der Waals surface area contributed by atoms with Crippen molar-refractivity contribution in [2.75, 3.05) is 6.61 Å². The van der Waals surface area contributed by atoms with E-state index in [1.54, 1.807) is 18.2 Å². The molecule has 0 heterocycles. The lowest BCUT2D eigenvalue weighted by Gasteiger charge is -2.07. The Kier molecular flexibility index (Phi) is 12.2. The Bertz CT molecular complexity index is 525. The lowest BCUT2D eigenvalue weighted by Crippen LogP contribution is -2.08. The highest BCUT2D eigenvalue weighted by molar-refractivity contribution is 5.89. The van der Waals surface area contributed by atoms with E-state index in [0.29, 0.717) is 18.6 Å². The number of esters is 2. The summed E-state index contributed by atoms with van der Waals surface area (Å²) < 4.78 is 10.5. The quantitative estimate of drug-likeness (QED) is 0.309. The largest absolute Gasteiger partial charge is 0.462 e. The monoisotopic (exact) mass is 362 g/mol. The van der Waals surface area contributed by atoms with Gasteiger partial charge in [0, 0.05) is 6.42 Å². The molecular weight excluding hydrogens is 328 g/mol. The van der Waals surface area contributed by atoms with Crippen molar-refractivity contribution in [2.24, 2.45) is 0 Å². The number of unbranched alkanes of at least 4 members (excludes halogenated alkanes) is 7. The smallest absolute Gasteiger partial charge is 0.338 e. The first-order chi connectivity index (χ1) is 12.7. The summed E-state index contributed by atoms with van der Waals surface area (Å²) in [5, 5.41) is 0. The molecule has 0 saturated heterocycles. The summed E-state index contributed by atoms with van der Waals surface area (Å²) in [6.07, 6.45) is 10.6. The fraction of sp³-hybridized carbons (Fsp3) is 0.636. The summed E-state index contributed by atoms with van der Waals surface area (Å²) in [5.41, 5.74) is 1.31. The van der Waals surface area contributed by atoms with Crippen LogP contribution in [-0.4, -0.2) is 18.5 Å². The highest BCUT2D eigenvalue weighted by atomic mass is 16.5. The van der Waals surface area contributed by atoms with Crippen LogP contribution in [0.1, 0.15) is 94.0 Å². The molecule has 146 valence electrons. The Morgan fingerprint density at radius 3 is 2.27 bits per heavy atom. The van der Waals surface area contributed by atoms with Crippen molar-refractivity contribution in [1.29, 1.82) is 0 Å². The summed E-state index contributed by atoms with van der Waals surface area (Å²) >= 11 is 0. The summed E-state index contributed by atoms with van der Waals surface area (Å²) in [4.78, 5) is 23.8. The van der Waals surface area contributed by atoms with Gasteiger partial charge in [0.25, 0.3) is 0 Å². The second-order valence-corrected chi connectivity index (χ2v) is 6.72. The van der Waals surface area contributed by atoms with Crippen LogP contribution >= 0.6 is 0 Å². The van der Waals surface area contributed by atoms with Crippen molar-refractivity contribution >= 4 is 11.9 Å². The molecule has 0 saturated carbocycles. The zero-order chi connectivity index (χ0) is 19.0. The molecule has 0 spiro atoms. The fourth-order valence-electron chi connectivity index (χ4n) is 2.64. The van der Waals surface area contributed by atoms with E-state index in [-0.39, 0.29) is 18.5 Å². The third kappa shape index (κ3) is 10.2. The lowest BCUT2D eigenvalue weighted by atomic mass is 10.1. The molecule has 0 fully saturated rings. The van der Waals surface area contributed by atoms with E-state index >= 15 is 0 Å². The summed E-state index contributed by atoms with van der Waals surface area (Å²) in [6, 6.07) is 7.09. The van der Waals surface area contributed by atoms with Gasteiger partial charge in [0.2, 0.25) is 0 Å². The molecule has 0 bridgehead atoms. The molecule has 0 amide bonds. The first-order valence-corrected chi connectivity index (χ1v) is 10.1. The van der Waals surface area contributed by atoms with Gasteiger partial charge in [0.05, 0.1) is 12.2 Å². The van der Waals surface area contributed by atoms with E-state index in [4.69, 9.17) is 9.47 Å². The van der Waals surface area contributed by atoms with E-state index in [1.165, 1.54) is 32.1 Å². The Hall–Kier alpha value is -1.84. The first kappa shape index (κ1) is 22.2. The minimum atomic E-state index is -0.324. The average molecular weight is 363 g/mol. The fourth-order valence-corrected chi connectivity index (χ4v) is 2.64. The molecule has 0 aliphatic heterocycles. The third-order valence-electron chi connectivity index (χ3n) is 4.28. The van der Waals surface area contributed by atoms with Gasteiger partial charge in [-0.2, -0.15) is 0 Å². The van der Waals surface area contributed by atoms with Gasteiger partial charge in [-0.3, -0.25) is 4.79 Å². The van der Waals surface area contributed by atoms with Gasteiger partial charge in [0.15, 0.2) is 0 Å². The Labute approximate surface area is 158 Å². The lowest BCUT2D eigenvalue weighted by molar-refractivity contribution is -0.145. The number of benzene rings is 1. The van der Waals surface area contributed by atoms with Crippen LogP contribution in [0.3, 0.4) is 0 Å².